The summed E-state index contributed by atoms with van der Waals surface area (Å²) in [6.07, 6.45) is 3.42. The van der Waals surface area contributed by atoms with E-state index in [4.69, 9.17) is 5.26 Å². The molecule has 20 heavy (non-hydrogen) atoms. The molecule has 0 N–H and O–H groups in total. The van der Waals surface area contributed by atoms with Crippen molar-refractivity contribution in [3.8, 4) is 6.07 Å². The van der Waals surface area contributed by atoms with Crippen LogP contribution >= 0.6 is 0 Å². The first kappa shape index (κ1) is 14.6. The van der Waals surface area contributed by atoms with Gasteiger partial charge in [-0.25, -0.2) is 0 Å². The molecule has 3 nitrogen and oxygen atoms in total. The van der Waals surface area contributed by atoms with E-state index in [1.807, 2.05) is 36.1 Å². The molecule has 0 radical (unpaired) electrons. The van der Waals surface area contributed by atoms with Crippen LogP contribution in [0.5, 0.6) is 0 Å². The molecule has 1 aromatic rings. The Kier molecular flexibility index (Phi) is 4.79. The van der Waals surface area contributed by atoms with Gasteiger partial charge in [0.25, 0.3) is 5.91 Å². The number of piperidine rings is 1. The Balaban J connectivity index is 2.08. The van der Waals surface area contributed by atoms with Gasteiger partial charge in [-0.15, -0.1) is 0 Å². The Hall–Kier alpha value is -1.82. The largest absolute Gasteiger partial charge is 0.339 e. The first-order valence-corrected chi connectivity index (χ1v) is 7.44. The average molecular weight is 270 g/mol. The highest BCUT2D eigenvalue weighted by atomic mass is 16.2. The highest BCUT2D eigenvalue weighted by molar-refractivity contribution is 5.94. The lowest BCUT2D eigenvalue weighted by molar-refractivity contribution is 0.0688. The molecule has 106 valence electrons. The first-order chi connectivity index (χ1) is 9.65. The van der Waals surface area contributed by atoms with Gasteiger partial charge in [-0.3, -0.25) is 4.79 Å². The molecule has 0 spiro atoms. The number of nitriles is 1. The van der Waals surface area contributed by atoms with Crippen molar-refractivity contribution < 1.29 is 4.79 Å². The maximum Gasteiger partial charge on any atom is 0.253 e. The number of rotatable bonds is 3. The molecule has 2 rings (SSSR count). The zero-order chi connectivity index (χ0) is 14.5. The number of benzene rings is 1. The van der Waals surface area contributed by atoms with Crippen molar-refractivity contribution in [3.63, 3.8) is 0 Å². The monoisotopic (exact) mass is 270 g/mol. The molecule has 1 heterocycles. The molecule has 1 atom stereocenters. The van der Waals surface area contributed by atoms with E-state index in [0.717, 1.165) is 37.4 Å². The summed E-state index contributed by atoms with van der Waals surface area (Å²) >= 11 is 0. The SMILES string of the molecule is CCC1CCN(C(=O)c2cccc(C(C)C#N)c2)CC1. The summed E-state index contributed by atoms with van der Waals surface area (Å²) in [4.78, 5) is 14.4. The minimum Gasteiger partial charge on any atom is -0.339 e. The summed E-state index contributed by atoms with van der Waals surface area (Å²) in [6, 6.07) is 9.71. The highest BCUT2D eigenvalue weighted by Crippen LogP contribution is 2.22. The van der Waals surface area contributed by atoms with E-state index in [1.54, 1.807) is 0 Å². The number of hydrogen-bond donors (Lipinski definition) is 0. The molecule has 3 heteroatoms. The van der Waals surface area contributed by atoms with Gasteiger partial charge >= 0.3 is 0 Å². The van der Waals surface area contributed by atoms with Crippen LogP contribution in [0.15, 0.2) is 24.3 Å². The average Bonchev–Trinajstić information content (AvgIpc) is 2.53. The van der Waals surface area contributed by atoms with Gasteiger partial charge in [0.2, 0.25) is 0 Å². The van der Waals surface area contributed by atoms with Crippen molar-refractivity contribution in [1.82, 2.24) is 4.90 Å². The Morgan fingerprint density at radius 1 is 1.45 bits per heavy atom. The normalized spacial score (nSPS) is 17.6. The van der Waals surface area contributed by atoms with E-state index in [0.29, 0.717) is 5.56 Å². The van der Waals surface area contributed by atoms with Crippen LogP contribution in [0.25, 0.3) is 0 Å². The Bertz CT molecular complexity index is 510. The van der Waals surface area contributed by atoms with Crippen LogP contribution in [0, 0.1) is 17.2 Å². The van der Waals surface area contributed by atoms with E-state index >= 15 is 0 Å². The van der Waals surface area contributed by atoms with Gasteiger partial charge in [-0.1, -0.05) is 25.5 Å². The zero-order valence-corrected chi connectivity index (χ0v) is 12.3. The van der Waals surface area contributed by atoms with Gasteiger partial charge in [-0.2, -0.15) is 5.26 Å². The quantitative estimate of drug-likeness (QED) is 0.842. The Labute approximate surface area is 121 Å². The third-order valence-electron chi connectivity index (χ3n) is 4.31. The maximum atomic E-state index is 12.5. The van der Waals surface area contributed by atoms with Crippen LogP contribution in [0.2, 0.25) is 0 Å². The topological polar surface area (TPSA) is 44.1 Å². The fourth-order valence-electron chi connectivity index (χ4n) is 2.74. The maximum absolute atomic E-state index is 12.5. The molecule has 1 unspecified atom stereocenters. The fourth-order valence-corrected chi connectivity index (χ4v) is 2.74. The van der Waals surface area contributed by atoms with Gasteiger partial charge < -0.3 is 4.90 Å². The van der Waals surface area contributed by atoms with Crippen LogP contribution in [-0.4, -0.2) is 23.9 Å². The van der Waals surface area contributed by atoms with Gasteiger partial charge in [0.15, 0.2) is 0 Å². The summed E-state index contributed by atoms with van der Waals surface area (Å²) in [7, 11) is 0. The van der Waals surface area contributed by atoms with E-state index < -0.39 is 0 Å². The molecule has 0 saturated carbocycles. The molecule has 1 amide bonds. The lowest BCUT2D eigenvalue weighted by Gasteiger charge is -2.31. The number of carbonyl (C=O) groups is 1. The van der Waals surface area contributed by atoms with Crippen molar-refractivity contribution in [3.05, 3.63) is 35.4 Å². The summed E-state index contributed by atoms with van der Waals surface area (Å²) in [6.45, 7) is 5.79. The molecule has 1 aromatic carbocycles. The first-order valence-electron chi connectivity index (χ1n) is 7.44. The van der Waals surface area contributed by atoms with Gasteiger partial charge in [0, 0.05) is 18.7 Å². The fraction of sp³-hybridized carbons (Fsp3) is 0.529. The summed E-state index contributed by atoms with van der Waals surface area (Å²) in [5.74, 6) is 0.698. The van der Waals surface area contributed by atoms with Crippen LogP contribution in [0.1, 0.15) is 54.9 Å². The van der Waals surface area contributed by atoms with Crippen LogP contribution in [0.3, 0.4) is 0 Å². The summed E-state index contributed by atoms with van der Waals surface area (Å²) in [5, 5.41) is 8.98. The van der Waals surface area contributed by atoms with Crippen molar-refractivity contribution in [2.24, 2.45) is 5.92 Å². The van der Waals surface area contributed by atoms with Crippen molar-refractivity contribution in [2.75, 3.05) is 13.1 Å². The number of amides is 1. The second-order valence-electron chi connectivity index (χ2n) is 5.62. The van der Waals surface area contributed by atoms with Crippen molar-refractivity contribution in [2.45, 2.75) is 39.0 Å². The molecule has 0 aliphatic carbocycles. The number of hydrogen-bond acceptors (Lipinski definition) is 2. The minimum atomic E-state index is -0.173. The third kappa shape index (κ3) is 3.19. The summed E-state index contributed by atoms with van der Waals surface area (Å²) < 4.78 is 0. The molecule has 1 fully saturated rings. The Morgan fingerprint density at radius 2 is 2.15 bits per heavy atom. The molecular formula is C17H22N2O. The van der Waals surface area contributed by atoms with E-state index in [1.165, 1.54) is 6.42 Å². The van der Waals surface area contributed by atoms with Crippen molar-refractivity contribution in [1.29, 1.82) is 5.26 Å². The lowest BCUT2D eigenvalue weighted by atomic mass is 9.93. The smallest absolute Gasteiger partial charge is 0.253 e. The van der Waals surface area contributed by atoms with Crippen LogP contribution in [-0.2, 0) is 0 Å². The predicted octanol–water partition coefficient (Wildman–Crippen LogP) is 3.58. The number of likely N-dealkylation sites (tertiary alicyclic amines) is 1. The minimum absolute atomic E-state index is 0.103. The summed E-state index contributed by atoms with van der Waals surface area (Å²) in [5.41, 5.74) is 1.63. The van der Waals surface area contributed by atoms with Gasteiger partial charge in [-0.05, 0) is 43.4 Å². The highest BCUT2D eigenvalue weighted by Gasteiger charge is 2.22. The molecular weight excluding hydrogens is 248 g/mol. The molecule has 0 aromatic heterocycles. The van der Waals surface area contributed by atoms with Crippen LogP contribution < -0.4 is 0 Å². The van der Waals surface area contributed by atoms with Gasteiger partial charge in [0.05, 0.1) is 12.0 Å². The standard InChI is InChI=1S/C17H22N2O/c1-3-14-7-9-19(10-8-14)17(20)16-6-4-5-15(11-16)13(2)12-18/h4-6,11,13-14H,3,7-10H2,1-2H3. The second-order valence-corrected chi connectivity index (χ2v) is 5.62. The second kappa shape index (κ2) is 6.56. The molecule has 1 aliphatic rings. The van der Waals surface area contributed by atoms with E-state index in [9.17, 15) is 4.79 Å². The predicted molar refractivity (Wildman–Crippen MR) is 79.4 cm³/mol. The van der Waals surface area contributed by atoms with E-state index in [2.05, 4.69) is 13.0 Å². The van der Waals surface area contributed by atoms with E-state index in [-0.39, 0.29) is 11.8 Å². The molecule has 0 bridgehead atoms. The lowest BCUT2D eigenvalue weighted by Crippen LogP contribution is -2.38. The Morgan fingerprint density at radius 3 is 2.75 bits per heavy atom. The van der Waals surface area contributed by atoms with Crippen LogP contribution in [0.4, 0.5) is 0 Å². The zero-order valence-electron chi connectivity index (χ0n) is 12.3. The third-order valence-corrected chi connectivity index (χ3v) is 4.31. The number of carbonyl (C=O) groups excluding carboxylic acids is 1. The molecule has 1 aliphatic heterocycles. The van der Waals surface area contributed by atoms with Crippen molar-refractivity contribution >= 4 is 5.91 Å². The number of nitrogens with zero attached hydrogens (tertiary/aromatic N) is 2. The van der Waals surface area contributed by atoms with Gasteiger partial charge in [0.1, 0.15) is 0 Å². The molecule has 1 saturated heterocycles.